The van der Waals surface area contributed by atoms with Gasteiger partial charge in [-0.15, -0.1) is 0 Å². The molecule has 0 saturated carbocycles. The van der Waals surface area contributed by atoms with E-state index < -0.39 is 17.9 Å². The van der Waals surface area contributed by atoms with Crippen LogP contribution in [0.4, 0.5) is 0 Å². The molecule has 17 heavy (non-hydrogen) atoms. The third-order valence-electron chi connectivity index (χ3n) is 0. The minimum atomic E-state index is -0.833. The van der Waals surface area contributed by atoms with Crippen LogP contribution in [0.5, 0.6) is 0 Å². The van der Waals surface area contributed by atoms with Gasteiger partial charge >= 0.3 is 34.1 Å². The largest absolute Gasteiger partial charge is 3.00 e. The summed E-state index contributed by atoms with van der Waals surface area (Å²) >= 11 is 0. The van der Waals surface area contributed by atoms with Crippen LogP contribution in [-0.2, 0) is 64.9 Å². The summed E-state index contributed by atoms with van der Waals surface area (Å²) < 4.78 is 0. The molecule has 0 bridgehead atoms. The SMILES string of the molecule is CC(=O)O.CC(=O)O.CC(=O)O.[Fe+3].[Fe+3].[O-2].[O-2].[O-2]. The van der Waals surface area contributed by atoms with Crippen molar-refractivity contribution in [1.29, 1.82) is 0 Å². The molecule has 0 amide bonds. The molecule has 0 fully saturated rings. The number of carboxylic acid groups (broad SMARTS) is 3. The first kappa shape index (κ1) is 55.3. The summed E-state index contributed by atoms with van der Waals surface area (Å²) in [7, 11) is 0. The van der Waals surface area contributed by atoms with E-state index in [9.17, 15) is 0 Å². The van der Waals surface area contributed by atoms with Crippen LogP contribution in [0.3, 0.4) is 0 Å². The summed E-state index contributed by atoms with van der Waals surface area (Å²) in [4.78, 5) is 27.0. The maximum Gasteiger partial charge on any atom is 3.00 e. The number of carbonyl (C=O) groups is 3. The quantitative estimate of drug-likeness (QED) is 0.515. The molecule has 0 spiro atoms. The van der Waals surface area contributed by atoms with Crippen LogP contribution in [0.15, 0.2) is 0 Å². The fraction of sp³-hybridized carbons (Fsp3) is 0.500. The van der Waals surface area contributed by atoms with Crippen LogP contribution >= 0.6 is 0 Å². The molecule has 0 aromatic rings. The number of carboxylic acids is 3. The molecule has 11 heteroatoms. The van der Waals surface area contributed by atoms with E-state index in [0.717, 1.165) is 20.8 Å². The predicted molar refractivity (Wildman–Crippen MR) is 42.0 cm³/mol. The molecule has 0 aromatic carbocycles. The third-order valence-corrected chi connectivity index (χ3v) is 0. The molecule has 0 aliphatic heterocycles. The molecular formula is C6H12Fe2O9. The number of aliphatic carboxylic acids is 3. The van der Waals surface area contributed by atoms with Crippen LogP contribution in [-0.4, -0.2) is 33.2 Å². The van der Waals surface area contributed by atoms with E-state index >= 15 is 0 Å². The summed E-state index contributed by atoms with van der Waals surface area (Å²) in [5.41, 5.74) is 0. The topological polar surface area (TPSA) is 197 Å². The van der Waals surface area contributed by atoms with E-state index in [1.807, 2.05) is 0 Å². The van der Waals surface area contributed by atoms with Gasteiger partial charge in [-0.1, -0.05) is 0 Å². The summed E-state index contributed by atoms with van der Waals surface area (Å²) in [6, 6.07) is 0. The van der Waals surface area contributed by atoms with E-state index in [4.69, 9.17) is 29.7 Å². The Morgan fingerprint density at radius 3 is 0.588 bits per heavy atom. The zero-order chi connectivity index (χ0) is 10.7. The molecule has 0 aromatic heterocycles. The van der Waals surface area contributed by atoms with E-state index in [1.165, 1.54) is 0 Å². The zero-order valence-electron chi connectivity index (χ0n) is 9.00. The van der Waals surface area contributed by atoms with Gasteiger partial charge in [0, 0.05) is 20.8 Å². The minimum Gasteiger partial charge on any atom is -2.00 e. The maximum atomic E-state index is 9.00. The van der Waals surface area contributed by atoms with Gasteiger partial charge in [0.1, 0.15) is 0 Å². The van der Waals surface area contributed by atoms with Gasteiger partial charge in [0.15, 0.2) is 0 Å². The first-order chi connectivity index (χ1) is 5.20. The zero-order valence-corrected chi connectivity index (χ0v) is 11.2. The van der Waals surface area contributed by atoms with Crippen molar-refractivity contribution in [2.45, 2.75) is 20.8 Å². The monoisotopic (exact) mass is 340 g/mol. The van der Waals surface area contributed by atoms with Gasteiger partial charge in [-0.05, 0) is 0 Å². The number of hydrogen-bond donors (Lipinski definition) is 3. The van der Waals surface area contributed by atoms with E-state index in [-0.39, 0.29) is 50.6 Å². The maximum absolute atomic E-state index is 9.00. The van der Waals surface area contributed by atoms with E-state index in [1.54, 1.807) is 0 Å². The van der Waals surface area contributed by atoms with Gasteiger partial charge in [-0.3, -0.25) is 14.4 Å². The van der Waals surface area contributed by atoms with Gasteiger partial charge in [0.25, 0.3) is 17.9 Å². The average Bonchev–Trinajstić information content (AvgIpc) is 1.54. The van der Waals surface area contributed by atoms with Crippen molar-refractivity contribution < 1.29 is 80.3 Å². The Bertz CT molecular complexity index is 121. The normalized spacial score (nSPS) is 4.41. The summed E-state index contributed by atoms with van der Waals surface area (Å²) in [6.45, 7) is 3.25. The van der Waals surface area contributed by atoms with Crippen LogP contribution in [0.2, 0.25) is 0 Å². The van der Waals surface area contributed by atoms with Crippen LogP contribution in [0.1, 0.15) is 20.8 Å². The molecular weight excluding hydrogens is 328 g/mol. The second kappa shape index (κ2) is 45.4. The Morgan fingerprint density at radius 2 is 0.588 bits per heavy atom. The van der Waals surface area contributed by atoms with E-state index in [0.29, 0.717) is 0 Å². The molecule has 0 aliphatic rings. The molecule has 0 unspecified atom stereocenters. The predicted octanol–water partition coefficient (Wildman–Crippen LogP) is -0.0887. The average molecular weight is 340 g/mol. The number of hydrogen-bond acceptors (Lipinski definition) is 3. The van der Waals surface area contributed by atoms with Gasteiger partial charge in [0.2, 0.25) is 0 Å². The first-order valence-electron chi connectivity index (χ1n) is 2.78. The van der Waals surface area contributed by atoms with Crippen LogP contribution < -0.4 is 0 Å². The number of rotatable bonds is 0. The van der Waals surface area contributed by atoms with Crippen molar-refractivity contribution in [3.63, 3.8) is 0 Å². The van der Waals surface area contributed by atoms with Crippen molar-refractivity contribution >= 4 is 17.9 Å². The van der Waals surface area contributed by atoms with Crippen LogP contribution in [0.25, 0.3) is 0 Å². The van der Waals surface area contributed by atoms with Crippen molar-refractivity contribution in [1.82, 2.24) is 0 Å². The second-order valence-electron chi connectivity index (χ2n) is 1.56. The molecule has 9 nitrogen and oxygen atoms in total. The molecule has 0 aliphatic carbocycles. The molecule has 106 valence electrons. The van der Waals surface area contributed by atoms with Crippen molar-refractivity contribution in [2.24, 2.45) is 0 Å². The van der Waals surface area contributed by atoms with Crippen molar-refractivity contribution in [3.8, 4) is 0 Å². The summed E-state index contributed by atoms with van der Waals surface area (Å²) in [5, 5.41) is 22.2. The summed E-state index contributed by atoms with van der Waals surface area (Å²) in [5.74, 6) is -2.50. The van der Waals surface area contributed by atoms with Gasteiger partial charge in [-0.25, -0.2) is 0 Å². The van der Waals surface area contributed by atoms with Crippen molar-refractivity contribution in [2.75, 3.05) is 0 Å². The molecule has 0 atom stereocenters. The van der Waals surface area contributed by atoms with E-state index in [2.05, 4.69) is 0 Å². The molecule has 3 N–H and O–H groups in total. The molecule has 0 saturated heterocycles. The summed E-state index contributed by atoms with van der Waals surface area (Å²) in [6.07, 6.45) is 0. The molecule has 0 rings (SSSR count). The first-order valence-corrected chi connectivity index (χ1v) is 2.78. The molecule has 0 heterocycles. The standard InChI is InChI=1S/3C2H4O2.2Fe.3O/c3*1-2(3)4;;;;;/h3*1H3,(H,3,4);;;;;/q;;;2*+3;3*-2. The van der Waals surface area contributed by atoms with Gasteiger partial charge in [-0.2, -0.15) is 0 Å². The Balaban J connectivity index is -0.0000000104. The fourth-order valence-electron chi connectivity index (χ4n) is 0. The van der Waals surface area contributed by atoms with Gasteiger partial charge in [0.05, 0.1) is 0 Å². The third kappa shape index (κ3) is 6050. The Kier molecular flexibility index (Phi) is 148. The minimum absolute atomic E-state index is 0. The van der Waals surface area contributed by atoms with Crippen LogP contribution in [0, 0.1) is 0 Å². The Morgan fingerprint density at radius 1 is 0.588 bits per heavy atom. The smallest absolute Gasteiger partial charge is 2.00 e. The Hall–Kier alpha value is -0.671. The second-order valence-corrected chi connectivity index (χ2v) is 1.56. The fourth-order valence-corrected chi connectivity index (χ4v) is 0. The molecule has 2 radical (unpaired) electrons. The Labute approximate surface area is 119 Å². The van der Waals surface area contributed by atoms with Gasteiger partial charge < -0.3 is 31.7 Å². The van der Waals surface area contributed by atoms with Crippen molar-refractivity contribution in [3.05, 3.63) is 0 Å².